The van der Waals surface area contributed by atoms with Gasteiger partial charge in [-0.1, -0.05) is 60.7 Å². The number of fused-ring (bicyclic) bond motifs is 1. The third-order valence-corrected chi connectivity index (χ3v) is 5.66. The Balaban J connectivity index is 1.67. The third-order valence-electron chi connectivity index (χ3n) is 5.66. The van der Waals surface area contributed by atoms with Gasteiger partial charge in [0.25, 0.3) is 11.8 Å². The van der Waals surface area contributed by atoms with E-state index in [0.29, 0.717) is 17.8 Å². The van der Waals surface area contributed by atoms with Gasteiger partial charge in [-0.25, -0.2) is 0 Å². The van der Waals surface area contributed by atoms with Gasteiger partial charge in [0.2, 0.25) is 0 Å². The first-order valence-corrected chi connectivity index (χ1v) is 10.2. The highest BCUT2D eigenvalue weighted by Crippen LogP contribution is 2.33. The largest absolute Gasteiger partial charge is 0.324 e. The molecule has 0 bridgehead atoms. The number of carbonyl (C=O) groups is 2. The van der Waals surface area contributed by atoms with Gasteiger partial charge in [0.15, 0.2) is 0 Å². The van der Waals surface area contributed by atoms with Gasteiger partial charge < -0.3 is 10.2 Å². The topological polar surface area (TPSA) is 73.2 Å². The van der Waals surface area contributed by atoms with Crippen molar-refractivity contribution in [2.75, 3.05) is 5.32 Å². The third kappa shape index (κ3) is 3.93. The van der Waals surface area contributed by atoms with E-state index in [1.54, 1.807) is 17.0 Å². The summed E-state index contributed by atoms with van der Waals surface area (Å²) >= 11 is 0. The van der Waals surface area contributed by atoms with E-state index in [0.717, 1.165) is 16.7 Å². The van der Waals surface area contributed by atoms with Crippen LogP contribution in [0.5, 0.6) is 0 Å². The zero-order chi connectivity index (χ0) is 22.0. The smallest absolute Gasteiger partial charge is 0.255 e. The summed E-state index contributed by atoms with van der Waals surface area (Å²) in [6.07, 6.45) is 0. The van der Waals surface area contributed by atoms with Gasteiger partial charge in [0, 0.05) is 17.8 Å². The minimum absolute atomic E-state index is 0.154. The number of carbonyl (C=O) groups excluding carboxylic acids is 2. The summed E-state index contributed by atoms with van der Waals surface area (Å²) < 4.78 is 0. The van der Waals surface area contributed by atoms with Crippen molar-refractivity contribution in [1.82, 2.24) is 4.90 Å². The van der Waals surface area contributed by atoms with Crippen molar-refractivity contribution in [2.45, 2.75) is 31.8 Å². The van der Waals surface area contributed by atoms with Crippen LogP contribution in [0.2, 0.25) is 0 Å². The molecular weight excluding hydrogens is 386 g/mol. The number of amides is 2. The van der Waals surface area contributed by atoms with Gasteiger partial charge in [-0.2, -0.15) is 5.26 Å². The van der Waals surface area contributed by atoms with E-state index in [1.807, 2.05) is 80.6 Å². The fourth-order valence-corrected chi connectivity index (χ4v) is 3.85. The first-order chi connectivity index (χ1) is 14.9. The summed E-state index contributed by atoms with van der Waals surface area (Å²) in [5.41, 5.74) is 3.03. The van der Waals surface area contributed by atoms with Crippen LogP contribution < -0.4 is 5.32 Å². The summed E-state index contributed by atoms with van der Waals surface area (Å²) in [6, 6.07) is 25.6. The number of hydrogen-bond donors (Lipinski definition) is 1. The molecule has 5 nitrogen and oxygen atoms in total. The van der Waals surface area contributed by atoms with Gasteiger partial charge in [0.1, 0.15) is 6.04 Å². The predicted octanol–water partition coefficient (Wildman–Crippen LogP) is 4.82. The molecule has 1 N–H and O–H groups in total. The van der Waals surface area contributed by atoms with Crippen LogP contribution in [0.3, 0.4) is 0 Å². The van der Waals surface area contributed by atoms with Crippen LogP contribution >= 0.6 is 0 Å². The number of benzene rings is 3. The zero-order valence-corrected chi connectivity index (χ0v) is 17.5. The summed E-state index contributed by atoms with van der Waals surface area (Å²) in [4.78, 5) is 28.2. The average Bonchev–Trinajstić information content (AvgIpc) is 3.11. The van der Waals surface area contributed by atoms with E-state index in [-0.39, 0.29) is 11.8 Å². The fourth-order valence-electron chi connectivity index (χ4n) is 3.85. The molecule has 4 rings (SSSR count). The van der Waals surface area contributed by atoms with Gasteiger partial charge in [-0.3, -0.25) is 9.59 Å². The number of nitrogens with zero attached hydrogens (tertiary/aromatic N) is 2. The molecule has 1 aliphatic heterocycles. The normalized spacial score (nSPS) is 14.0. The quantitative estimate of drug-likeness (QED) is 0.656. The van der Waals surface area contributed by atoms with Gasteiger partial charge in [0.05, 0.1) is 11.5 Å². The minimum Gasteiger partial charge on any atom is -0.324 e. The van der Waals surface area contributed by atoms with E-state index in [4.69, 9.17) is 0 Å². The molecule has 1 aliphatic rings. The summed E-state index contributed by atoms with van der Waals surface area (Å²) in [7, 11) is 0. The molecule has 154 valence electrons. The minimum atomic E-state index is -0.770. The first-order valence-electron chi connectivity index (χ1n) is 10.2. The van der Waals surface area contributed by atoms with Crippen molar-refractivity contribution in [3.8, 4) is 6.07 Å². The second-order valence-corrected chi connectivity index (χ2v) is 8.21. The average molecular weight is 409 g/mol. The van der Waals surface area contributed by atoms with Crippen molar-refractivity contribution in [2.24, 2.45) is 0 Å². The summed E-state index contributed by atoms with van der Waals surface area (Å²) in [6.45, 7) is 4.05. The number of nitriles is 1. The molecule has 0 unspecified atom stereocenters. The monoisotopic (exact) mass is 409 g/mol. The lowest BCUT2D eigenvalue weighted by Crippen LogP contribution is -2.37. The number of hydrogen-bond acceptors (Lipinski definition) is 3. The SMILES string of the molecule is CC(C)(C#N)c1cccc(NC(=O)[C@@H](c2ccccc2)N2Cc3ccccc3C2=O)c1. The Morgan fingerprint density at radius 3 is 2.45 bits per heavy atom. The van der Waals surface area contributed by atoms with Crippen LogP contribution in [0.25, 0.3) is 0 Å². The van der Waals surface area contributed by atoms with Crippen LogP contribution in [0.1, 0.15) is 46.9 Å². The van der Waals surface area contributed by atoms with Crippen molar-refractivity contribution in [1.29, 1.82) is 5.26 Å². The molecule has 0 fully saturated rings. The Kier molecular flexibility index (Phi) is 5.31. The maximum absolute atomic E-state index is 13.5. The highest BCUT2D eigenvalue weighted by atomic mass is 16.2. The van der Waals surface area contributed by atoms with E-state index in [1.165, 1.54) is 0 Å². The fraction of sp³-hybridized carbons (Fsp3) is 0.192. The Morgan fingerprint density at radius 1 is 1.03 bits per heavy atom. The van der Waals surface area contributed by atoms with E-state index in [2.05, 4.69) is 11.4 Å². The first kappa shape index (κ1) is 20.4. The van der Waals surface area contributed by atoms with Crippen LogP contribution in [0.15, 0.2) is 78.9 Å². The molecule has 3 aromatic rings. The van der Waals surface area contributed by atoms with E-state index >= 15 is 0 Å². The molecule has 31 heavy (non-hydrogen) atoms. The molecular formula is C26H23N3O2. The van der Waals surface area contributed by atoms with Crippen LogP contribution in [-0.2, 0) is 16.8 Å². The van der Waals surface area contributed by atoms with Crippen LogP contribution in [0.4, 0.5) is 5.69 Å². The highest BCUT2D eigenvalue weighted by molar-refractivity contribution is 6.04. The summed E-state index contributed by atoms with van der Waals surface area (Å²) in [5.74, 6) is -0.446. The van der Waals surface area contributed by atoms with Crippen molar-refractivity contribution in [3.05, 3.63) is 101 Å². The van der Waals surface area contributed by atoms with Crippen molar-refractivity contribution >= 4 is 17.5 Å². The maximum atomic E-state index is 13.5. The lowest BCUT2D eigenvalue weighted by atomic mass is 9.86. The Labute approximate surface area is 181 Å². The van der Waals surface area contributed by atoms with Gasteiger partial charge in [-0.15, -0.1) is 0 Å². The molecule has 0 spiro atoms. The molecule has 2 amide bonds. The second kappa shape index (κ2) is 8.08. The molecule has 0 aromatic heterocycles. The standard InChI is InChI=1S/C26H23N3O2/c1-26(2,17-27)20-12-8-13-21(15-20)28-24(30)23(18-9-4-3-5-10-18)29-16-19-11-6-7-14-22(19)25(29)31/h3-15,23H,16H2,1-2H3,(H,28,30)/t23-/m1/s1. The summed E-state index contributed by atoms with van der Waals surface area (Å²) in [5, 5.41) is 12.4. The Hall–Kier alpha value is -3.91. The van der Waals surface area contributed by atoms with Crippen LogP contribution in [0, 0.1) is 11.3 Å². The van der Waals surface area contributed by atoms with E-state index in [9.17, 15) is 14.9 Å². The molecule has 5 heteroatoms. The Morgan fingerprint density at radius 2 is 1.74 bits per heavy atom. The predicted molar refractivity (Wildman–Crippen MR) is 119 cm³/mol. The molecule has 1 atom stereocenters. The molecule has 0 radical (unpaired) electrons. The molecule has 0 aliphatic carbocycles. The number of nitrogens with one attached hydrogen (secondary N) is 1. The van der Waals surface area contributed by atoms with Crippen LogP contribution in [-0.4, -0.2) is 16.7 Å². The number of rotatable bonds is 5. The lowest BCUT2D eigenvalue weighted by Gasteiger charge is -2.27. The molecule has 0 saturated carbocycles. The highest BCUT2D eigenvalue weighted by Gasteiger charge is 2.37. The van der Waals surface area contributed by atoms with Crippen molar-refractivity contribution in [3.63, 3.8) is 0 Å². The second-order valence-electron chi connectivity index (χ2n) is 8.21. The van der Waals surface area contributed by atoms with Gasteiger partial charge >= 0.3 is 0 Å². The van der Waals surface area contributed by atoms with Crippen molar-refractivity contribution < 1.29 is 9.59 Å². The molecule has 0 saturated heterocycles. The van der Waals surface area contributed by atoms with E-state index < -0.39 is 11.5 Å². The lowest BCUT2D eigenvalue weighted by molar-refractivity contribution is -0.120. The zero-order valence-electron chi connectivity index (χ0n) is 17.5. The Bertz CT molecular complexity index is 1180. The molecule has 1 heterocycles. The van der Waals surface area contributed by atoms with Gasteiger partial charge in [-0.05, 0) is 48.7 Å². The maximum Gasteiger partial charge on any atom is 0.255 e. The number of anilines is 1. The molecule has 3 aromatic carbocycles.